The van der Waals surface area contributed by atoms with Crippen LogP contribution in [0.25, 0.3) is 0 Å². The van der Waals surface area contributed by atoms with Crippen molar-refractivity contribution in [3.63, 3.8) is 0 Å². The summed E-state index contributed by atoms with van der Waals surface area (Å²) in [6, 6.07) is 0. The number of carbonyl (C=O) groups is 6. The van der Waals surface area contributed by atoms with E-state index >= 15 is 0 Å². The molecule has 28 heavy (non-hydrogen) atoms. The predicted octanol–water partition coefficient (Wildman–Crippen LogP) is 2.08. The molecule has 2 unspecified atom stereocenters. The third kappa shape index (κ3) is 2.26. The van der Waals surface area contributed by atoms with Gasteiger partial charge in [0.25, 0.3) is 0 Å². The lowest BCUT2D eigenvalue weighted by atomic mass is 9.51. The molecule has 0 amide bonds. The third-order valence-electron chi connectivity index (χ3n) is 7.31. The highest BCUT2D eigenvalue weighted by atomic mass is 16.2. The van der Waals surface area contributed by atoms with Gasteiger partial charge < -0.3 is 0 Å². The third-order valence-corrected chi connectivity index (χ3v) is 7.31. The van der Waals surface area contributed by atoms with E-state index in [-0.39, 0.29) is 12.8 Å². The molecule has 0 saturated heterocycles. The lowest BCUT2D eigenvalue weighted by molar-refractivity contribution is -0.143. The normalized spacial score (nSPS) is 39.7. The molecule has 0 aliphatic heterocycles. The van der Waals surface area contributed by atoms with Crippen molar-refractivity contribution in [3.8, 4) is 0 Å². The molecule has 0 radical (unpaired) electrons. The smallest absolute Gasteiger partial charge is 0.154 e. The van der Waals surface area contributed by atoms with Crippen LogP contribution >= 0.6 is 0 Å². The molecule has 6 nitrogen and oxygen atoms in total. The van der Waals surface area contributed by atoms with Gasteiger partial charge in [0.05, 0.1) is 23.7 Å². The molecule has 0 N–H and O–H groups in total. The van der Waals surface area contributed by atoms with Crippen LogP contribution in [0.3, 0.4) is 0 Å². The molecule has 6 heteroatoms. The molecular formula is C22H26O6. The molecule has 2 saturated carbocycles. The zero-order valence-corrected chi connectivity index (χ0v) is 16.7. The molecule has 0 heterocycles. The molecule has 0 aromatic rings. The molecule has 0 aromatic heterocycles. The van der Waals surface area contributed by atoms with Gasteiger partial charge in [0.2, 0.25) is 0 Å². The number of Topliss-reactive ketones (excluding diaryl/α,β-unsaturated/α-hetero) is 6. The molecule has 6 atom stereocenters. The average Bonchev–Trinajstić information content (AvgIpc) is 2.85. The minimum absolute atomic E-state index is 0.253. The van der Waals surface area contributed by atoms with E-state index in [1.54, 1.807) is 0 Å². The summed E-state index contributed by atoms with van der Waals surface area (Å²) in [6.07, 6.45) is 5.30. The first-order valence-corrected chi connectivity index (χ1v) is 9.80. The lowest BCUT2D eigenvalue weighted by Gasteiger charge is -2.48. The van der Waals surface area contributed by atoms with Crippen LogP contribution in [-0.2, 0) is 28.8 Å². The van der Waals surface area contributed by atoms with Gasteiger partial charge in [-0.3, -0.25) is 28.8 Å². The number of allylic oxidation sites excluding steroid dienone is 2. The van der Waals surface area contributed by atoms with Crippen molar-refractivity contribution in [2.24, 2.45) is 34.5 Å². The fraction of sp³-hybridized carbons (Fsp3) is 0.636. The Kier molecular flexibility index (Phi) is 4.89. The second-order valence-electron chi connectivity index (χ2n) is 8.61. The Morgan fingerprint density at radius 1 is 0.643 bits per heavy atom. The molecule has 0 bridgehead atoms. The molecule has 3 aliphatic rings. The van der Waals surface area contributed by atoms with Crippen LogP contribution in [-0.4, -0.2) is 34.7 Å². The van der Waals surface area contributed by atoms with Crippen molar-refractivity contribution in [1.82, 2.24) is 0 Å². The Balaban J connectivity index is 2.49. The number of hydrogen-bond acceptors (Lipinski definition) is 6. The largest absolute Gasteiger partial charge is 0.299 e. The van der Waals surface area contributed by atoms with Crippen molar-refractivity contribution >= 4 is 34.7 Å². The maximum absolute atomic E-state index is 13.4. The zero-order valence-electron chi connectivity index (χ0n) is 16.7. The first-order chi connectivity index (χ1) is 13.1. The monoisotopic (exact) mass is 386 g/mol. The van der Waals surface area contributed by atoms with E-state index in [4.69, 9.17) is 0 Å². The molecule has 0 spiro atoms. The molecule has 150 valence electrons. The number of ketones is 6. The maximum Gasteiger partial charge on any atom is 0.154 e. The van der Waals surface area contributed by atoms with Crippen LogP contribution in [0.1, 0.15) is 53.4 Å². The van der Waals surface area contributed by atoms with Gasteiger partial charge >= 0.3 is 0 Å². The summed E-state index contributed by atoms with van der Waals surface area (Å²) in [4.78, 5) is 77.7. The summed E-state index contributed by atoms with van der Waals surface area (Å²) in [7, 11) is 0. The molecule has 2 fully saturated rings. The van der Waals surface area contributed by atoms with Crippen LogP contribution < -0.4 is 0 Å². The quantitative estimate of drug-likeness (QED) is 0.541. The summed E-state index contributed by atoms with van der Waals surface area (Å²) in [5.41, 5.74) is -2.62. The van der Waals surface area contributed by atoms with Crippen LogP contribution in [0.2, 0.25) is 0 Å². The lowest BCUT2D eigenvalue weighted by Crippen LogP contribution is -2.51. The minimum Gasteiger partial charge on any atom is -0.299 e. The Bertz CT molecular complexity index is 716. The Hall–Kier alpha value is -2.24. The van der Waals surface area contributed by atoms with Gasteiger partial charge in [-0.1, -0.05) is 12.2 Å². The number of hydrogen-bond donors (Lipinski definition) is 0. The highest BCUT2D eigenvalue weighted by Gasteiger charge is 2.82. The molecule has 0 aromatic carbocycles. The van der Waals surface area contributed by atoms with E-state index in [2.05, 4.69) is 0 Å². The summed E-state index contributed by atoms with van der Waals surface area (Å²) >= 11 is 0. The van der Waals surface area contributed by atoms with Crippen molar-refractivity contribution in [2.75, 3.05) is 0 Å². The maximum atomic E-state index is 13.4. The van der Waals surface area contributed by atoms with Crippen LogP contribution in [0.5, 0.6) is 0 Å². The fourth-order valence-electron chi connectivity index (χ4n) is 6.93. The number of carbonyl (C=O) groups excluding carboxylic acids is 6. The van der Waals surface area contributed by atoms with Gasteiger partial charge in [-0.05, 0) is 53.4 Å². The van der Waals surface area contributed by atoms with Gasteiger partial charge in [0.1, 0.15) is 23.1 Å². The SMILES string of the molecule is CC(=O)[C@@H]1C(=O)[C@@H](C(C)=O)C23CCC=CCCC12[C@H](C(C)=O)C(=O)[C@@H]3C(C)=O. The summed E-state index contributed by atoms with van der Waals surface area (Å²) in [6.45, 7) is 5.12. The summed E-state index contributed by atoms with van der Waals surface area (Å²) < 4.78 is 0. The molecular weight excluding hydrogens is 360 g/mol. The fourth-order valence-corrected chi connectivity index (χ4v) is 6.93. The number of rotatable bonds is 4. The molecule has 3 rings (SSSR count). The first kappa shape index (κ1) is 20.5. The standard InChI is InChI=1S/C22H26O6/c1-11(23)15-19(27)16(12(2)24)22-10-8-6-5-7-9-21(15,22)17(13(3)25)20(28)18(22)14(4)26/h5-6,15-18H,7-10H2,1-4H3/t15-,16-,17-,18+,21?,22?/m1/s1. The highest BCUT2D eigenvalue weighted by molar-refractivity contribution is 6.22. The van der Waals surface area contributed by atoms with E-state index < -0.39 is 69.2 Å². The Morgan fingerprint density at radius 3 is 1.11 bits per heavy atom. The van der Waals surface area contributed by atoms with Crippen molar-refractivity contribution in [3.05, 3.63) is 12.2 Å². The predicted molar refractivity (Wildman–Crippen MR) is 99.2 cm³/mol. The second-order valence-corrected chi connectivity index (χ2v) is 8.61. The zero-order chi connectivity index (χ0) is 21.0. The van der Waals surface area contributed by atoms with E-state index in [9.17, 15) is 28.8 Å². The van der Waals surface area contributed by atoms with Gasteiger partial charge in [-0.15, -0.1) is 0 Å². The topological polar surface area (TPSA) is 102 Å². The van der Waals surface area contributed by atoms with Crippen LogP contribution in [0.4, 0.5) is 0 Å². The Labute approximate surface area is 164 Å². The minimum atomic E-state index is -1.31. The summed E-state index contributed by atoms with van der Waals surface area (Å²) in [5, 5.41) is 0. The van der Waals surface area contributed by atoms with Crippen molar-refractivity contribution < 1.29 is 28.8 Å². The van der Waals surface area contributed by atoms with Gasteiger partial charge in [-0.2, -0.15) is 0 Å². The first-order valence-electron chi connectivity index (χ1n) is 9.80. The van der Waals surface area contributed by atoms with Crippen LogP contribution in [0.15, 0.2) is 12.2 Å². The highest BCUT2D eigenvalue weighted by Crippen LogP contribution is 2.74. The van der Waals surface area contributed by atoms with E-state index in [0.29, 0.717) is 12.8 Å². The van der Waals surface area contributed by atoms with Crippen LogP contribution in [0, 0.1) is 34.5 Å². The molecule has 3 aliphatic carbocycles. The Morgan fingerprint density at radius 2 is 0.893 bits per heavy atom. The van der Waals surface area contributed by atoms with Gasteiger partial charge in [0, 0.05) is 10.8 Å². The van der Waals surface area contributed by atoms with E-state index in [0.717, 1.165) is 0 Å². The van der Waals surface area contributed by atoms with Crippen molar-refractivity contribution in [2.45, 2.75) is 53.4 Å². The summed E-state index contributed by atoms with van der Waals surface area (Å²) in [5.74, 6) is -7.65. The van der Waals surface area contributed by atoms with Crippen molar-refractivity contribution in [1.29, 1.82) is 0 Å². The second kappa shape index (κ2) is 6.68. The van der Waals surface area contributed by atoms with E-state index in [1.165, 1.54) is 27.7 Å². The van der Waals surface area contributed by atoms with E-state index in [1.807, 2.05) is 12.2 Å². The van der Waals surface area contributed by atoms with Gasteiger partial charge in [0.15, 0.2) is 11.6 Å². The van der Waals surface area contributed by atoms with Gasteiger partial charge in [-0.25, -0.2) is 0 Å². The average molecular weight is 386 g/mol.